The van der Waals surface area contributed by atoms with Gasteiger partial charge in [-0.25, -0.2) is 14.6 Å². The Morgan fingerprint density at radius 1 is 1.48 bits per heavy atom. The second-order valence-electron chi connectivity index (χ2n) is 4.29. The molecule has 110 valence electrons. The minimum atomic E-state index is -1.20. The molecular formula is C13H13ClN4O3. The average Bonchev–Trinajstić information content (AvgIpc) is 2.91. The number of hydrogen-bond acceptors (Lipinski definition) is 3. The first-order valence-electron chi connectivity index (χ1n) is 6.01. The third kappa shape index (κ3) is 3.51. The number of carbonyl (C=O) groups excluding carboxylic acids is 1. The summed E-state index contributed by atoms with van der Waals surface area (Å²) in [5, 5.41) is 11.7. The Hall–Kier alpha value is -2.54. The van der Waals surface area contributed by atoms with E-state index in [1.54, 1.807) is 25.5 Å². The van der Waals surface area contributed by atoms with E-state index in [0.29, 0.717) is 5.82 Å². The average molecular weight is 309 g/mol. The van der Waals surface area contributed by atoms with Crippen LogP contribution >= 0.6 is 11.6 Å². The van der Waals surface area contributed by atoms with Crippen LogP contribution in [0.4, 0.5) is 10.5 Å². The van der Waals surface area contributed by atoms with Crippen molar-refractivity contribution in [3.8, 4) is 0 Å². The van der Waals surface area contributed by atoms with Gasteiger partial charge in [0.1, 0.15) is 11.4 Å². The molecule has 2 aromatic rings. The number of nitrogens with zero attached hydrogens (tertiary/aromatic N) is 2. The summed E-state index contributed by atoms with van der Waals surface area (Å²) in [6, 6.07) is 4.04. The molecule has 0 radical (unpaired) electrons. The third-order valence-electron chi connectivity index (χ3n) is 2.76. The van der Waals surface area contributed by atoms with E-state index in [4.69, 9.17) is 16.7 Å². The van der Waals surface area contributed by atoms with Gasteiger partial charge in [-0.1, -0.05) is 17.7 Å². The van der Waals surface area contributed by atoms with Crippen LogP contribution in [0.5, 0.6) is 0 Å². The minimum Gasteiger partial charge on any atom is -0.478 e. The first-order valence-corrected chi connectivity index (χ1v) is 6.39. The second-order valence-corrected chi connectivity index (χ2v) is 4.70. The molecule has 0 saturated carbocycles. The van der Waals surface area contributed by atoms with Gasteiger partial charge in [0.2, 0.25) is 0 Å². The number of carboxylic acids is 1. The highest BCUT2D eigenvalue weighted by molar-refractivity contribution is 6.34. The van der Waals surface area contributed by atoms with Crippen molar-refractivity contribution in [3.05, 3.63) is 47.0 Å². The number of aromatic amines is 1. The van der Waals surface area contributed by atoms with Crippen LogP contribution in [0, 0.1) is 0 Å². The molecule has 2 rings (SSSR count). The van der Waals surface area contributed by atoms with E-state index in [-0.39, 0.29) is 22.8 Å². The number of aromatic nitrogens is 2. The molecule has 8 heteroatoms. The Morgan fingerprint density at radius 2 is 2.24 bits per heavy atom. The van der Waals surface area contributed by atoms with Crippen molar-refractivity contribution in [3.63, 3.8) is 0 Å². The quantitative estimate of drug-likeness (QED) is 0.807. The molecule has 0 aliphatic carbocycles. The van der Waals surface area contributed by atoms with Gasteiger partial charge in [-0.05, 0) is 12.1 Å². The maximum atomic E-state index is 12.1. The fourth-order valence-electron chi connectivity index (χ4n) is 1.74. The summed E-state index contributed by atoms with van der Waals surface area (Å²) in [4.78, 5) is 31.5. The molecule has 0 saturated heterocycles. The van der Waals surface area contributed by atoms with Gasteiger partial charge in [0.25, 0.3) is 0 Å². The SMILES string of the molecule is CN(Cc1ncc[nH]1)C(=O)Nc1cccc(Cl)c1C(=O)O. The lowest BCUT2D eigenvalue weighted by atomic mass is 10.2. The highest BCUT2D eigenvalue weighted by Gasteiger charge is 2.18. The van der Waals surface area contributed by atoms with Gasteiger partial charge in [-0.15, -0.1) is 0 Å². The highest BCUT2D eigenvalue weighted by atomic mass is 35.5. The molecule has 0 spiro atoms. The molecule has 0 aliphatic rings. The predicted molar refractivity (Wildman–Crippen MR) is 77.5 cm³/mol. The maximum absolute atomic E-state index is 12.1. The van der Waals surface area contributed by atoms with Crippen molar-refractivity contribution in [2.75, 3.05) is 12.4 Å². The standard InChI is InChI=1S/C13H13ClN4O3/c1-18(7-10-15-5-6-16-10)13(21)17-9-4-2-3-8(14)11(9)12(19)20/h2-6H,7H2,1H3,(H,15,16)(H,17,21)(H,19,20). The lowest BCUT2D eigenvalue weighted by Crippen LogP contribution is -2.31. The van der Waals surface area contributed by atoms with Crippen LogP contribution in [0.15, 0.2) is 30.6 Å². The summed E-state index contributed by atoms with van der Waals surface area (Å²) >= 11 is 5.84. The molecule has 0 fully saturated rings. The van der Waals surface area contributed by atoms with Crippen molar-refractivity contribution in [1.82, 2.24) is 14.9 Å². The number of amides is 2. The van der Waals surface area contributed by atoms with Crippen LogP contribution in [0.2, 0.25) is 5.02 Å². The molecular weight excluding hydrogens is 296 g/mol. The number of H-pyrrole nitrogens is 1. The topological polar surface area (TPSA) is 98.3 Å². The Labute approximate surface area is 125 Å². The number of hydrogen-bond donors (Lipinski definition) is 3. The molecule has 2 amide bonds. The zero-order chi connectivity index (χ0) is 15.4. The summed E-state index contributed by atoms with van der Waals surface area (Å²) in [5.74, 6) is -0.582. The Morgan fingerprint density at radius 3 is 2.86 bits per heavy atom. The van der Waals surface area contributed by atoms with E-state index in [9.17, 15) is 9.59 Å². The number of carbonyl (C=O) groups is 2. The van der Waals surface area contributed by atoms with Crippen LogP contribution in [-0.2, 0) is 6.54 Å². The zero-order valence-electron chi connectivity index (χ0n) is 11.1. The van der Waals surface area contributed by atoms with E-state index in [2.05, 4.69) is 15.3 Å². The first kappa shape index (κ1) is 14.9. The van der Waals surface area contributed by atoms with Crippen molar-refractivity contribution in [1.29, 1.82) is 0 Å². The Bertz CT molecular complexity index is 657. The van der Waals surface area contributed by atoms with E-state index in [0.717, 1.165) is 0 Å². The number of aromatic carboxylic acids is 1. The second kappa shape index (κ2) is 6.27. The molecule has 1 heterocycles. The lowest BCUT2D eigenvalue weighted by molar-refractivity contribution is 0.0698. The molecule has 3 N–H and O–H groups in total. The smallest absolute Gasteiger partial charge is 0.339 e. The number of urea groups is 1. The van der Waals surface area contributed by atoms with Gasteiger partial charge in [-0.2, -0.15) is 0 Å². The minimum absolute atomic E-state index is 0.0639. The Kier molecular flexibility index (Phi) is 4.44. The van der Waals surface area contributed by atoms with Crippen LogP contribution in [0.25, 0.3) is 0 Å². The van der Waals surface area contributed by atoms with Crippen molar-refractivity contribution >= 4 is 29.3 Å². The number of halogens is 1. The fraction of sp³-hybridized carbons (Fsp3) is 0.154. The monoisotopic (exact) mass is 308 g/mol. The molecule has 0 aliphatic heterocycles. The predicted octanol–water partition coefficient (Wildman–Crippen LogP) is 2.43. The van der Waals surface area contributed by atoms with Crippen molar-refractivity contribution < 1.29 is 14.7 Å². The van der Waals surface area contributed by atoms with Crippen molar-refractivity contribution in [2.45, 2.75) is 6.54 Å². The summed E-state index contributed by atoms with van der Waals surface area (Å²) < 4.78 is 0. The molecule has 7 nitrogen and oxygen atoms in total. The lowest BCUT2D eigenvalue weighted by Gasteiger charge is -2.18. The summed E-state index contributed by atoms with van der Waals surface area (Å²) in [6.45, 7) is 0.266. The van der Waals surface area contributed by atoms with E-state index in [1.807, 2.05) is 0 Å². The number of anilines is 1. The molecule has 0 atom stereocenters. The van der Waals surface area contributed by atoms with Crippen LogP contribution in [0.3, 0.4) is 0 Å². The molecule has 1 aromatic carbocycles. The number of benzene rings is 1. The van der Waals surface area contributed by atoms with Crippen LogP contribution in [-0.4, -0.2) is 39.0 Å². The van der Waals surface area contributed by atoms with Crippen LogP contribution < -0.4 is 5.32 Å². The van der Waals surface area contributed by atoms with Gasteiger partial charge < -0.3 is 20.3 Å². The number of nitrogens with one attached hydrogen (secondary N) is 2. The Balaban J connectivity index is 2.12. The normalized spacial score (nSPS) is 10.2. The highest BCUT2D eigenvalue weighted by Crippen LogP contribution is 2.24. The first-order chi connectivity index (χ1) is 9.99. The van der Waals surface area contributed by atoms with Crippen molar-refractivity contribution in [2.24, 2.45) is 0 Å². The third-order valence-corrected chi connectivity index (χ3v) is 3.07. The molecule has 21 heavy (non-hydrogen) atoms. The maximum Gasteiger partial charge on any atom is 0.339 e. The van der Waals surface area contributed by atoms with E-state index in [1.165, 1.54) is 17.0 Å². The van der Waals surface area contributed by atoms with Gasteiger partial charge >= 0.3 is 12.0 Å². The van der Waals surface area contributed by atoms with Gasteiger partial charge in [0, 0.05) is 19.4 Å². The fourth-order valence-corrected chi connectivity index (χ4v) is 1.99. The molecule has 0 unspecified atom stereocenters. The van der Waals surface area contributed by atoms with E-state index >= 15 is 0 Å². The zero-order valence-corrected chi connectivity index (χ0v) is 11.9. The van der Waals surface area contributed by atoms with Crippen LogP contribution in [0.1, 0.15) is 16.2 Å². The van der Waals surface area contributed by atoms with E-state index < -0.39 is 12.0 Å². The van der Waals surface area contributed by atoms with Gasteiger partial charge in [-0.3, -0.25) is 0 Å². The van der Waals surface area contributed by atoms with Gasteiger partial charge in [0.15, 0.2) is 0 Å². The number of rotatable bonds is 4. The summed E-state index contributed by atoms with van der Waals surface area (Å²) in [5.41, 5.74) is 0.00482. The largest absolute Gasteiger partial charge is 0.478 e. The number of imidazole rings is 1. The van der Waals surface area contributed by atoms with Gasteiger partial charge in [0.05, 0.1) is 17.3 Å². The molecule has 0 bridgehead atoms. The summed E-state index contributed by atoms with van der Waals surface area (Å²) in [6.07, 6.45) is 3.24. The number of carboxylic acid groups (broad SMARTS) is 1. The molecule has 1 aromatic heterocycles. The summed E-state index contributed by atoms with van der Waals surface area (Å²) in [7, 11) is 1.57.